The Hall–Kier alpha value is -3.51. The van der Waals surface area contributed by atoms with Gasteiger partial charge in [0.05, 0.1) is 24.8 Å². The number of hydrogen-bond donors (Lipinski definition) is 1. The second-order valence-electron chi connectivity index (χ2n) is 7.92. The minimum Gasteiger partial charge on any atom is -0.497 e. The number of aryl methyl sites for hydroxylation is 1. The fraction of sp³-hybridized carbons (Fsp3) is 0.259. The van der Waals surface area contributed by atoms with Gasteiger partial charge in [0.1, 0.15) is 17.3 Å². The minimum absolute atomic E-state index is 0.124. The number of imidazole rings is 1. The van der Waals surface area contributed by atoms with Gasteiger partial charge >= 0.3 is 0 Å². The maximum atomic E-state index is 12.5. The highest BCUT2D eigenvalue weighted by molar-refractivity contribution is 6.30. The molecule has 1 N–H and O–H groups in total. The normalized spacial score (nSPS) is 10.9. The van der Waals surface area contributed by atoms with Crippen LogP contribution in [0.5, 0.6) is 11.5 Å². The number of fused-ring (bicyclic) bond motifs is 1. The summed E-state index contributed by atoms with van der Waals surface area (Å²) in [4.78, 5) is 17.3. The highest BCUT2D eigenvalue weighted by Crippen LogP contribution is 2.19. The van der Waals surface area contributed by atoms with E-state index in [0.29, 0.717) is 35.9 Å². The first-order valence-electron chi connectivity index (χ1n) is 11.4. The van der Waals surface area contributed by atoms with Crippen LogP contribution in [0.2, 0.25) is 5.02 Å². The third kappa shape index (κ3) is 6.08. The van der Waals surface area contributed by atoms with Crippen molar-refractivity contribution >= 4 is 28.5 Å². The van der Waals surface area contributed by atoms with E-state index in [1.54, 1.807) is 19.2 Å². The Labute approximate surface area is 204 Å². The van der Waals surface area contributed by atoms with E-state index < -0.39 is 0 Å². The molecule has 0 unspecified atom stereocenters. The van der Waals surface area contributed by atoms with Gasteiger partial charge < -0.3 is 19.4 Å². The van der Waals surface area contributed by atoms with Gasteiger partial charge in [-0.2, -0.15) is 0 Å². The number of rotatable bonds is 11. The molecule has 0 aliphatic heterocycles. The molecule has 176 valence electrons. The smallest absolute Gasteiger partial charge is 0.251 e. The van der Waals surface area contributed by atoms with Crippen LogP contribution in [0.15, 0.2) is 72.8 Å². The molecule has 1 aromatic heterocycles. The molecule has 0 atom stereocenters. The fourth-order valence-corrected chi connectivity index (χ4v) is 3.94. The largest absolute Gasteiger partial charge is 0.497 e. The zero-order valence-corrected chi connectivity index (χ0v) is 19.9. The Morgan fingerprint density at radius 1 is 1.00 bits per heavy atom. The summed E-state index contributed by atoms with van der Waals surface area (Å²) in [6.07, 6.45) is 2.52. The number of nitrogens with one attached hydrogen (secondary N) is 1. The number of hydrogen-bond acceptors (Lipinski definition) is 4. The Bertz CT molecular complexity index is 1240. The molecule has 1 heterocycles. The molecule has 0 saturated carbocycles. The molecule has 7 heteroatoms. The Morgan fingerprint density at radius 3 is 2.65 bits per heavy atom. The van der Waals surface area contributed by atoms with Crippen molar-refractivity contribution in [3.63, 3.8) is 0 Å². The van der Waals surface area contributed by atoms with Crippen LogP contribution in [-0.2, 0) is 13.0 Å². The maximum Gasteiger partial charge on any atom is 0.251 e. The van der Waals surface area contributed by atoms with Crippen LogP contribution in [0.25, 0.3) is 11.0 Å². The average Bonchev–Trinajstić information content (AvgIpc) is 3.22. The van der Waals surface area contributed by atoms with Crippen LogP contribution in [0.4, 0.5) is 0 Å². The van der Waals surface area contributed by atoms with Crippen molar-refractivity contribution < 1.29 is 14.3 Å². The number of halogens is 1. The fourth-order valence-electron chi connectivity index (χ4n) is 3.81. The quantitative estimate of drug-likeness (QED) is 0.288. The van der Waals surface area contributed by atoms with Crippen LogP contribution < -0.4 is 14.8 Å². The molecule has 0 aliphatic carbocycles. The summed E-state index contributed by atoms with van der Waals surface area (Å²) in [7, 11) is 1.59. The third-order valence-corrected chi connectivity index (χ3v) is 5.81. The zero-order valence-electron chi connectivity index (χ0n) is 19.2. The molecule has 4 rings (SSSR count). The van der Waals surface area contributed by atoms with Gasteiger partial charge in [-0.05, 0) is 67.4 Å². The van der Waals surface area contributed by atoms with Gasteiger partial charge in [0.15, 0.2) is 0 Å². The molecule has 0 saturated heterocycles. The molecule has 4 aromatic rings. The van der Waals surface area contributed by atoms with Gasteiger partial charge in [-0.15, -0.1) is 0 Å². The number of carbonyl (C=O) groups is 1. The van der Waals surface area contributed by atoms with Crippen LogP contribution in [0.3, 0.4) is 0 Å². The second-order valence-corrected chi connectivity index (χ2v) is 8.35. The van der Waals surface area contributed by atoms with E-state index >= 15 is 0 Å². The number of methoxy groups -OCH3 is 1. The number of nitrogens with zero attached hydrogens (tertiary/aromatic N) is 2. The van der Waals surface area contributed by atoms with Crippen LogP contribution in [0, 0.1) is 0 Å². The lowest BCUT2D eigenvalue weighted by Gasteiger charge is -2.11. The molecule has 0 radical (unpaired) electrons. The summed E-state index contributed by atoms with van der Waals surface area (Å²) in [6.45, 7) is 1.98. The van der Waals surface area contributed by atoms with E-state index in [4.69, 9.17) is 26.1 Å². The molecule has 6 nitrogen and oxygen atoms in total. The predicted molar refractivity (Wildman–Crippen MR) is 135 cm³/mol. The van der Waals surface area contributed by atoms with Crippen molar-refractivity contribution in [3.05, 3.63) is 89.2 Å². The molecule has 0 bridgehead atoms. The zero-order chi connectivity index (χ0) is 23.8. The topological polar surface area (TPSA) is 65.4 Å². The lowest BCUT2D eigenvalue weighted by Crippen LogP contribution is -2.26. The number of carbonyl (C=O) groups excluding carboxylic acids is 1. The molecule has 34 heavy (non-hydrogen) atoms. The summed E-state index contributed by atoms with van der Waals surface area (Å²) >= 11 is 5.92. The number of amides is 1. The number of ether oxygens (including phenoxy) is 2. The summed E-state index contributed by atoms with van der Waals surface area (Å²) in [5.41, 5.74) is 2.65. The predicted octanol–water partition coefficient (Wildman–Crippen LogP) is 5.53. The molecule has 3 aromatic carbocycles. The molecule has 1 amide bonds. The first-order chi connectivity index (χ1) is 16.6. The van der Waals surface area contributed by atoms with Gasteiger partial charge in [0.2, 0.25) is 0 Å². The standard InChI is InChI=1S/C27H28ClN3O3/c1-33-23-8-6-7-20(19-23)27(32)29-16-15-26-30-24-9-2-3-10-25(24)31(26)17-4-5-18-34-22-13-11-21(28)12-14-22/h2-3,6-14,19H,4-5,15-18H2,1H3,(H,29,32). The first kappa shape index (κ1) is 23.6. The van der Waals surface area contributed by atoms with Crippen LogP contribution >= 0.6 is 11.6 Å². The van der Waals surface area contributed by atoms with Crippen molar-refractivity contribution in [1.82, 2.24) is 14.9 Å². The lowest BCUT2D eigenvalue weighted by molar-refractivity contribution is 0.0953. The van der Waals surface area contributed by atoms with Crippen molar-refractivity contribution in [2.45, 2.75) is 25.8 Å². The summed E-state index contributed by atoms with van der Waals surface area (Å²) in [5.74, 6) is 2.33. The Kier molecular flexibility index (Phi) is 8.04. The number of para-hydroxylation sites is 2. The van der Waals surface area contributed by atoms with E-state index in [1.807, 2.05) is 54.6 Å². The Morgan fingerprint density at radius 2 is 1.82 bits per heavy atom. The van der Waals surface area contributed by atoms with Crippen molar-refractivity contribution in [3.8, 4) is 11.5 Å². The lowest BCUT2D eigenvalue weighted by atomic mass is 10.2. The molecule has 0 spiro atoms. The monoisotopic (exact) mass is 477 g/mol. The second kappa shape index (κ2) is 11.6. The maximum absolute atomic E-state index is 12.5. The van der Waals surface area contributed by atoms with Crippen molar-refractivity contribution in [2.75, 3.05) is 20.3 Å². The summed E-state index contributed by atoms with van der Waals surface area (Å²) < 4.78 is 13.3. The van der Waals surface area contributed by atoms with Crippen LogP contribution in [0.1, 0.15) is 29.0 Å². The first-order valence-corrected chi connectivity index (χ1v) is 11.8. The van der Waals surface area contributed by atoms with E-state index in [1.165, 1.54) is 0 Å². The minimum atomic E-state index is -0.124. The SMILES string of the molecule is COc1cccc(C(=O)NCCc2nc3ccccc3n2CCCCOc2ccc(Cl)cc2)c1. The molecular formula is C27H28ClN3O3. The van der Waals surface area contributed by atoms with E-state index in [9.17, 15) is 4.79 Å². The highest BCUT2D eigenvalue weighted by atomic mass is 35.5. The number of aromatic nitrogens is 2. The molecule has 0 fully saturated rings. The van der Waals surface area contributed by atoms with Gasteiger partial charge in [0, 0.05) is 30.1 Å². The van der Waals surface area contributed by atoms with Crippen molar-refractivity contribution in [1.29, 1.82) is 0 Å². The summed E-state index contributed by atoms with van der Waals surface area (Å²) in [6, 6.07) is 22.7. The van der Waals surface area contributed by atoms with E-state index in [-0.39, 0.29) is 5.91 Å². The highest BCUT2D eigenvalue weighted by Gasteiger charge is 2.12. The average molecular weight is 478 g/mol. The van der Waals surface area contributed by atoms with Gasteiger partial charge in [-0.1, -0.05) is 29.8 Å². The summed E-state index contributed by atoms with van der Waals surface area (Å²) in [5, 5.41) is 3.69. The molecule has 0 aliphatic rings. The number of unbranched alkanes of at least 4 members (excludes halogenated alkanes) is 1. The third-order valence-electron chi connectivity index (χ3n) is 5.56. The van der Waals surface area contributed by atoms with Gasteiger partial charge in [0.25, 0.3) is 5.91 Å². The van der Waals surface area contributed by atoms with E-state index in [0.717, 1.165) is 42.0 Å². The number of benzene rings is 3. The van der Waals surface area contributed by atoms with Crippen molar-refractivity contribution in [2.24, 2.45) is 0 Å². The van der Waals surface area contributed by atoms with E-state index in [2.05, 4.69) is 16.0 Å². The Balaban J connectivity index is 1.33. The molecular weight excluding hydrogens is 450 g/mol. The van der Waals surface area contributed by atoms with Gasteiger partial charge in [-0.25, -0.2) is 4.98 Å². The van der Waals surface area contributed by atoms with Crippen LogP contribution in [-0.4, -0.2) is 35.7 Å². The van der Waals surface area contributed by atoms with Gasteiger partial charge in [-0.3, -0.25) is 4.79 Å².